The number of nitrogens with one attached hydrogen (secondary N) is 1. The fraction of sp³-hybridized carbons (Fsp3) is 0.143. The van der Waals surface area contributed by atoms with Crippen molar-refractivity contribution in [2.75, 3.05) is 11.1 Å². The first-order valence-corrected chi connectivity index (χ1v) is 8.74. The zero-order valence-electron chi connectivity index (χ0n) is 10.3. The van der Waals surface area contributed by atoms with Crippen LogP contribution < -0.4 is 5.32 Å². The van der Waals surface area contributed by atoms with Crippen LogP contribution in [-0.2, 0) is 9.84 Å². The molecule has 0 aliphatic carbocycles. The molecule has 0 bridgehead atoms. The maximum Gasteiger partial charge on any atom is 0.181 e. The molecule has 0 amide bonds. The zero-order valence-corrected chi connectivity index (χ0v) is 13.3. The predicted octanol–water partition coefficient (Wildman–Crippen LogP) is 3.37. The SMILES string of the molecule is O=S1(=O)CC(Nc2ccc(F)cc2I)c2ccccc21. The Hall–Kier alpha value is -1.15. The number of halogens is 2. The molecule has 20 heavy (non-hydrogen) atoms. The molecule has 0 fully saturated rings. The van der Waals surface area contributed by atoms with Gasteiger partial charge in [-0.3, -0.25) is 0 Å². The molecular weight excluding hydrogens is 392 g/mol. The van der Waals surface area contributed by atoms with Crippen LogP contribution in [0.4, 0.5) is 10.1 Å². The number of rotatable bonds is 2. The number of anilines is 1. The molecule has 6 heteroatoms. The fourth-order valence-electron chi connectivity index (χ4n) is 2.36. The molecule has 0 spiro atoms. The van der Waals surface area contributed by atoms with E-state index in [0.29, 0.717) is 4.90 Å². The molecule has 0 aromatic heterocycles. The van der Waals surface area contributed by atoms with E-state index in [1.165, 1.54) is 12.1 Å². The lowest BCUT2D eigenvalue weighted by Crippen LogP contribution is -2.13. The molecule has 2 aromatic carbocycles. The molecule has 0 saturated heterocycles. The van der Waals surface area contributed by atoms with E-state index >= 15 is 0 Å². The Morgan fingerprint density at radius 3 is 2.70 bits per heavy atom. The van der Waals surface area contributed by atoms with Gasteiger partial charge in [0.15, 0.2) is 9.84 Å². The van der Waals surface area contributed by atoms with Crippen LogP contribution in [0.1, 0.15) is 11.6 Å². The maximum atomic E-state index is 13.1. The molecule has 1 aliphatic heterocycles. The van der Waals surface area contributed by atoms with Crippen LogP contribution in [0.5, 0.6) is 0 Å². The van der Waals surface area contributed by atoms with Gasteiger partial charge < -0.3 is 5.32 Å². The van der Waals surface area contributed by atoms with Crippen LogP contribution in [0.15, 0.2) is 47.4 Å². The quantitative estimate of drug-likeness (QED) is 0.783. The van der Waals surface area contributed by atoms with Crippen LogP contribution in [0.25, 0.3) is 0 Å². The lowest BCUT2D eigenvalue weighted by atomic mass is 10.1. The number of sulfone groups is 1. The summed E-state index contributed by atoms with van der Waals surface area (Å²) in [5.74, 6) is -0.279. The number of fused-ring (bicyclic) bond motifs is 1. The van der Waals surface area contributed by atoms with E-state index in [1.54, 1.807) is 18.2 Å². The Kier molecular flexibility index (Phi) is 3.45. The van der Waals surface area contributed by atoms with E-state index < -0.39 is 9.84 Å². The Balaban J connectivity index is 1.97. The van der Waals surface area contributed by atoms with E-state index in [1.807, 2.05) is 34.7 Å². The summed E-state index contributed by atoms with van der Waals surface area (Å²) >= 11 is 2.03. The van der Waals surface area contributed by atoms with Crippen LogP contribution in [0, 0.1) is 9.39 Å². The van der Waals surface area contributed by atoms with Gasteiger partial charge in [-0.25, -0.2) is 12.8 Å². The minimum absolute atomic E-state index is 0.0276. The van der Waals surface area contributed by atoms with E-state index in [9.17, 15) is 12.8 Å². The molecule has 2 aromatic rings. The highest BCUT2D eigenvalue weighted by molar-refractivity contribution is 14.1. The molecular formula is C14H11FINO2S. The zero-order chi connectivity index (χ0) is 14.3. The highest BCUT2D eigenvalue weighted by Gasteiger charge is 2.34. The molecule has 104 valence electrons. The lowest BCUT2D eigenvalue weighted by molar-refractivity contribution is 0.598. The van der Waals surface area contributed by atoms with Crippen LogP contribution in [0.2, 0.25) is 0 Å². The molecule has 1 atom stereocenters. The average molecular weight is 403 g/mol. The van der Waals surface area contributed by atoms with Crippen molar-refractivity contribution in [3.63, 3.8) is 0 Å². The van der Waals surface area contributed by atoms with Gasteiger partial charge in [0.2, 0.25) is 0 Å². The van der Waals surface area contributed by atoms with Crippen molar-refractivity contribution in [2.45, 2.75) is 10.9 Å². The molecule has 1 unspecified atom stereocenters. The third-order valence-corrected chi connectivity index (χ3v) is 5.98. The lowest BCUT2D eigenvalue weighted by Gasteiger charge is -2.15. The largest absolute Gasteiger partial charge is 0.376 e. The smallest absolute Gasteiger partial charge is 0.181 e. The second-order valence-corrected chi connectivity index (χ2v) is 7.81. The van der Waals surface area contributed by atoms with E-state index in [4.69, 9.17) is 0 Å². The fourth-order valence-corrected chi connectivity index (χ4v) is 4.73. The normalized spacial score (nSPS) is 19.6. The summed E-state index contributed by atoms with van der Waals surface area (Å²) in [7, 11) is -3.23. The van der Waals surface area contributed by atoms with Crippen molar-refractivity contribution in [1.29, 1.82) is 0 Å². The van der Waals surface area contributed by atoms with Crippen LogP contribution in [-0.4, -0.2) is 14.2 Å². The topological polar surface area (TPSA) is 46.2 Å². The first-order valence-electron chi connectivity index (χ1n) is 6.01. The first-order chi connectivity index (χ1) is 9.47. The predicted molar refractivity (Wildman–Crippen MR) is 84.0 cm³/mol. The van der Waals surface area contributed by atoms with Gasteiger partial charge in [-0.2, -0.15) is 0 Å². The van der Waals surface area contributed by atoms with Crippen LogP contribution >= 0.6 is 22.6 Å². The third kappa shape index (κ3) is 2.42. The summed E-state index contributed by atoms with van der Waals surface area (Å²) in [6, 6.07) is 11.1. The Morgan fingerprint density at radius 1 is 1.20 bits per heavy atom. The van der Waals surface area contributed by atoms with Crippen LogP contribution in [0.3, 0.4) is 0 Å². The summed E-state index contributed by atoms with van der Waals surface area (Å²) < 4.78 is 38.0. The van der Waals surface area contributed by atoms with Crippen molar-refractivity contribution in [3.8, 4) is 0 Å². The van der Waals surface area contributed by atoms with Gasteiger partial charge in [-0.15, -0.1) is 0 Å². The summed E-state index contributed by atoms with van der Waals surface area (Å²) in [4.78, 5) is 0.384. The molecule has 0 radical (unpaired) electrons. The summed E-state index contributed by atoms with van der Waals surface area (Å²) in [6.45, 7) is 0. The van der Waals surface area contributed by atoms with Crippen molar-refractivity contribution < 1.29 is 12.8 Å². The number of benzene rings is 2. The summed E-state index contributed by atoms with van der Waals surface area (Å²) in [5, 5.41) is 3.19. The summed E-state index contributed by atoms with van der Waals surface area (Å²) in [5.41, 5.74) is 1.51. The van der Waals surface area contributed by atoms with Crippen molar-refractivity contribution in [2.24, 2.45) is 0 Å². The molecule has 3 nitrogen and oxygen atoms in total. The van der Waals surface area contributed by atoms with E-state index in [0.717, 1.165) is 14.8 Å². The maximum absolute atomic E-state index is 13.1. The van der Waals surface area contributed by atoms with E-state index in [2.05, 4.69) is 5.32 Å². The van der Waals surface area contributed by atoms with Crippen molar-refractivity contribution in [3.05, 3.63) is 57.4 Å². The van der Waals surface area contributed by atoms with Gasteiger partial charge in [0.05, 0.1) is 16.7 Å². The van der Waals surface area contributed by atoms with Gasteiger partial charge in [0.25, 0.3) is 0 Å². The summed E-state index contributed by atoms with van der Waals surface area (Å²) in [6.07, 6.45) is 0. The van der Waals surface area contributed by atoms with Gasteiger partial charge in [-0.05, 0) is 52.4 Å². The Bertz CT molecular complexity index is 776. The molecule has 1 heterocycles. The Morgan fingerprint density at radius 2 is 1.95 bits per heavy atom. The molecule has 1 N–H and O–H groups in total. The highest BCUT2D eigenvalue weighted by atomic mass is 127. The minimum atomic E-state index is -3.23. The second kappa shape index (κ2) is 5.00. The number of hydrogen-bond donors (Lipinski definition) is 1. The van der Waals surface area contributed by atoms with Gasteiger partial charge in [0.1, 0.15) is 5.82 Å². The Labute approximate surface area is 130 Å². The second-order valence-electron chi connectivity index (χ2n) is 4.64. The number of hydrogen-bond acceptors (Lipinski definition) is 3. The van der Waals surface area contributed by atoms with E-state index in [-0.39, 0.29) is 17.6 Å². The molecule has 3 rings (SSSR count). The first kappa shape index (κ1) is 13.8. The minimum Gasteiger partial charge on any atom is -0.376 e. The standard InChI is InChI=1S/C14H11FINO2S/c15-9-5-6-12(11(16)7-9)17-13-8-20(18,19)14-4-2-1-3-10(13)14/h1-7,13,17H,8H2. The average Bonchev–Trinajstić information content (AvgIpc) is 2.65. The van der Waals surface area contributed by atoms with Crippen molar-refractivity contribution in [1.82, 2.24) is 0 Å². The monoisotopic (exact) mass is 403 g/mol. The molecule has 0 saturated carbocycles. The van der Waals surface area contributed by atoms with Gasteiger partial charge in [-0.1, -0.05) is 18.2 Å². The van der Waals surface area contributed by atoms with Crippen molar-refractivity contribution >= 4 is 38.1 Å². The van der Waals surface area contributed by atoms with Gasteiger partial charge in [0, 0.05) is 9.26 Å². The van der Waals surface area contributed by atoms with Gasteiger partial charge >= 0.3 is 0 Å². The highest BCUT2D eigenvalue weighted by Crippen LogP contribution is 2.36. The molecule has 1 aliphatic rings. The third-order valence-electron chi connectivity index (χ3n) is 3.28.